The number of nitrogens with one attached hydrogen (secondary N) is 1. The largest absolute Gasteiger partial charge is 0.344 e. The van der Waals surface area contributed by atoms with E-state index in [9.17, 15) is 9.59 Å². The van der Waals surface area contributed by atoms with Gasteiger partial charge in [0.15, 0.2) is 0 Å². The number of rotatable bonds is 2. The van der Waals surface area contributed by atoms with Crippen LogP contribution in [0.4, 0.5) is 0 Å². The van der Waals surface area contributed by atoms with Crippen LogP contribution < -0.4 is 5.32 Å². The number of aromatic nitrogens is 1. The Balaban J connectivity index is 2.21. The minimum atomic E-state index is -0.477. The number of hydrogen-bond donors (Lipinski definition) is 1. The molecule has 0 radical (unpaired) electrons. The molecule has 1 N–H and O–H groups in total. The average Bonchev–Trinajstić information content (AvgIpc) is 2.60. The van der Waals surface area contributed by atoms with E-state index >= 15 is 0 Å². The monoisotopic (exact) mass is 309 g/mol. The molecule has 0 aromatic carbocycles. The summed E-state index contributed by atoms with van der Waals surface area (Å²) >= 11 is 1.62. The van der Waals surface area contributed by atoms with Crippen LogP contribution in [0.2, 0.25) is 0 Å². The summed E-state index contributed by atoms with van der Waals surface area (Å²) in [7, 11) is 0. The first-order valence-electron chi connectivity index (χ1n) is 7.19. The molecule has 1 aliphatic rings. The lowest BCUT2D eigenvalue weighted by Crippen LogP contribution is -2.51. The molecule has 1 atom stereocenters. The lowest BCUT2D eigenvalue weighted by molar-refractivity contribution is -0.136. The third-order valence-electron chi connectivity index (χ3n) is 3.74. The van der Waals surface area contributed by atoms with Gasteiger partial charge in [0.05, 0.1) is 12.2 Å². The van der Waals surface area contributed by atoms with E-state index in [-0.39, 0.29) is 17.2 Å². The molecule has 1 unspecified atom stereocenters. The zero-order valence-corrected chi connectivity index (χ0v) is 14.1. The molecular weight excluding hydrogens is 286 g/mol. The fraction of sp³-hybridized carbons (Fsp3) is 0.667. The molecule has 2 amide bonds. The van der Waals surface area contributed by atoms with Gasteiger partial charge in [-0.2, -0.15) is 0 Å². The number of nitrogens with zero attached hydrogens (tertiary/aromatic N) is 2. The maximum atomic E-state index is 12.7. The standard InChI is InChI=1S/C15H23N3O2S/c1-9-10(2)21-12(16-9)8-18-7-6-11(19)17-13(14(18)20)15(3,4)5/h13H,6-8H2,1-5H3,(H,17,19). The Kier molecular flexibility index (Phi) is 4.37. The van der Waals surface area contributed by atoms with Gasteiger partial charge < -0.3 is 10.2 Å². The molecule has 1 saturated heterocycles. The number of carbonyl (C=O) groups excluding carboxylic acids is 2. The van der Waals surface area contributed by atoms with Crippen molar-refractivity contribution < 1.29 is 9.59 Å². The van der Waals surface area contributed by atoms with Crippen molar-refractivity contribution in [1.82, 2.24) is 15.2 Å². The molecule has 1 aromatic heterocycles. The van der Waals surface area contributed by atoms with E-state index in [4.69, 9.17) is 0 Å². The second-order valence-corrected chi connectivity index (χ2v) is 7.91. The molecule has 5 nitrogen and oxygen atoms in total. The first-order valence-corrected chi connectivity index (χ1v) is 8.01. The Morgan fingerprint density at radius 3 is 2.52 bits per heavy atom. The van der Waals surface area contributed by atoms with Gasteiger partial charge >= 0.3 is 0 Å². The van der Waals surface area contributed by atoms with Crippen molar-refractivity contribution in [3.8, 4) is 0 Å². The summed E-state index contributed by atoms with van der Waals surface area (Å²) < 4.78 is 0. The maximum Gasteiger partial charge on any atom is 0.246 e. The zero-order valence-electron chi connectivity index (χ0n) is 13.3. The summed E-state index contributed by atoms with van der Waals surface area (Å²) in [5.74, 6) is -0.0730. The number of aryl methyl sites for hydroxylation is 2. The summed E-state index contributed by atoms with van der Waals surface area (Å²) in [4.78, 5) is 32.0. The van der Waals surface area contributed by atoms with Gasteiger partial charge in [0, 0.05) is 17.8 Å². The molecule has 21 heavy (non-hydrogen) atoms. The lowest BCUT2D eigenvalue weighted by Gasteiger charge is -2.32. The summed E-state index contributed by atoms with van der Waals surface area (Å²) in [6.07, 6.45) is 0.349. The Morgan fingerprint density at radius 1 is 1.33 bits per heavy atom. The van der Waals surface area contributed by atoms with Crippen molar-refractivity contribution in [1.29, 1.82) is 0 Å². The highest BCUT2D eigenvalue weighted by molar-refractivity contribution is 7.11. The second kappa shape index (κ2) is 5.75. The molecule has 0 saturated carbocycles. The van der Waals surface area contributed by atoms with Crippen LogP contribution in [0, 0.1) is 19.3 Å². The van der Waals surface area contributed by atoms with E-state index in [0.717, 1.165) is 10.7 Å². The van der Waals surface area contributed by atoms with Crippen molar-refractivity contribution >= 4 is 23.2 Å². The van der Waals surface area contributed by atoms with Crippen molar-refractivity contribution in [2.24, 2.45) is 5.41 Å². The van der Waals surface area contributed by atoms with E-state index in [1.807, 2.05) is 34.6 Å². The Hall–Kier alpha value is -1.43. The Bertz CT molecular complexity index is 540. The molecule has 1 fully saturated rings. The minimum absolute atomic E-state index is 0.0149. The van der Waals surface area contributed by atoms with Crippen molar-refractivity contribution in [2.75, 3.05) is 6.54 Å². The molecular formula is C15H23N3O2S. The van der Waals surface area contributed by atoms with Gasteiger partial charge in [0.25, 0.3) is 0 Å². The molecule has 0 bridgehead atoms. The minimum Gasteiger partial charge on any atom is -0.344 e. The van der Waals surface area contributed by atoms with Crippen LogP contribution in [-0.4, -0.2) is 34.3 Å². The Labute approximate surface area is 129 Å². The highest BCUT2D eigenvalue weighted by Crippen LogP contribution is 2.25. The molecule has 1 aliphatic heterocycles. The highest BCUT2D eigenvalue weighted by Gasteiger charge is 2.38. The second-order valence-electron chi connectivity index (χ2n) is 6.63. The van der Waals surface area contributed by atoms with Crippen molar-refractivity contribution in [2.45, 2.75) is 53.6 Å². The number of carbonyl (C=O) groups is 2. The van der Waals surface area contributed by atoms with E-state index < -0.39 is 6.04 Å². The SMILES string of the molecule is Cc1nc(CN2CCC(=O)NC(C(C)(C)C)C2=O)sc1C. The normalized spacial score (nSPS) is 20.4. The van der Waals surface area contributed by atoms with Crippen LogP contribution >= 0.6 is 11.3 Å². The first-order chi connectivity index (χ1) is 9.68. The van der Waals surface area contributed by atoms with Gasteiger partial charge in [-0.3, -0.25) is 9.59 Å². The predicted molar refractivity (Wildman–Crippen MR) is 83.0 cm³/mol. The molecule has 0 aliphatic carbocycles. The fourth-order valence-electron chi connectivity index (χ4n) is 2.34. The van der Waals surface area contributed by atoms with Gasteiger partial charge in [-0.15, -0.1) is 11.3 Å². The van der Waals surface area contributed by atoms with Crippen molar-refractivity contribution in [3.05, 3.63) is 15.6 Å². The lowest BCUT2D eigenvalue weighted by atomic mass is 9.86. The fourth-order valence-corrected chi connectivity index (χ4v) is 3.29. The maximum absolute atomic E-state index is 12.7. The van der Waals surface area contributed by atoms with Gasteiger partial charge in [0.1, 0.15) is 11.0 Å². The average molecular weight is 309 g/mol. The van der Waals surface area contributed by atoms with Crippen LogP contribution in [0.15, 0.2) is 0 Å². The van der Waals surface area contributed by atoms with Gasteiger partial charge in [-0.05, 0) is 19.3 Å². The third-order valence-corrected chi connectivity index (χ3v) is 4.80. The van der Waals surface area contributed by atoms with E-state index in [1.165, 1.54) is 4.88 Å². The smallest absolute Gasteiger partial charge is 0.246 e. The number of hydrogen-bond acceptors (Lipinski definition) is 4. The van der Waals surface area contributed by atoms with Crippen LogP contribution in [0.25, 0.3) is 0 Å². The van der Waals surface area contributed by atoms with Crippen LogP contribution in [-0.2, 0) is 16.1 Å². The van der Waals surface area contributed by atoms with Crippen LogP contribution in [0.3, 0.4) is 0 Å². The third kappa shape index (κ3) is 3.61. The number of thiazole rings is 1. The molecule has 2 rings (SSSR count). The summed E-state index contributed by atoms with van der Waals surface area (Å²) in [6, 6.07) is -0.477. The summed E-state index contributed by atoms with van der Waals surface area (Å²) in [6.45, 7) is 10.9. The van der Waals surface area contributed by atoms with Gasteiger partial charge in [-0.25, -0.2) is 4.98 Å². The zero-order chi connectivity index (χ0) is 15.8. The molecule has 2 heterocycles. The van der Waals surface area contributed by atoms with E-state index in [1.54, 1.807) is 16.2 Å². The van der Waals surface area contributed by atoms with E-state index in [0.29, 0.717) is 19.5 Å². The molecule has 116 valence electrons. The number of amides is 2. The molecule has 6 heteroatoms. The summed E-state index contributed by atoms with van der Waals surface area (Å²) in [5, 5.41) is 3.78. The molecule has 1 aromatic rings. The van der Waals surface area contributed by atoms with Crippen molar-refractivity contribution in [3.63, 3.8) is 0 Å². The molecule has 0 spiro atoms. The topological polar surface area (TPSA) is 62.3 Å². The first kappa shape index (κ1) is 15.9. The van der Waals surface area contributed by atoms with E-state index in [2.05, 4.69) is 10.3 Å². The van der Waals surface area contributed by atoms with Gasteiger partial charge in [0.2, 0.25) is 11.8 Å². The summed E-state index contributed by atoms with van der Waals surface area (Å²) in [5.41, 5.74) is 0.711. The predicted octanol–water partition coefficient (Wildman–Crippen LogP) is 2.02. The highest BCUT2D eigenvalue weighted by atomic mass is 32.1. The Morgan fingerprint density at radius 2 is 2.00 bits per heavy atom. The van der Waals surface area contributed by atoms with Crippen LogP contribution in [0.1, 0.15) is 42.8 Å². The van der Waals surface area contributed by atoms with Crippen LogP contribution in [0.5, 0.6) is 0 Å². The van der Waals surface area contributed by atoms with Gasteiger partial charge in [-0.1, -0.05) is 20.8 Å². The quantitative estimate of drug-likeness (QED) is 0.909.